The lowest BCUT2D eigenvalue weighted by molar-refractivity contribution is 0.438. The maximum absolute atomic E-state index is 13.5. The number of hydrogen-bond donors (Lipinski definition) is 0. The van der Waals surface area contributed by atoms with Crippen molar-refractivity contribution >= 4 is 11.0 Å². The topological polar surface area (TPSA) is 41.6 Å². The third kappa shape index (κ3) is 1.68. The Balaban J connectivity index is 1.97. The first kappa shape index (κ1) is 10.3. The number of para-hydroxylation sites is 1. The molecule has 0 spiro atoms. The maximum Gasteiger partial charge on any atom is 0.151 e. The highest BCUT2D eigenvalue weighted by Gasteiger charge is 2.42. The van der Waals surface area contributed by atoms with E-state index < -0.39 is 0 Å². The summed E-state index contributed by atoms with van der Waals surface area (Å²) in [5, 5.41) is 8.79. The van der Waals surface area contributed by atoms with E-state index in [-0.39, 0.29) is 11.2 Å². The van der Waals surface area contributed by atoms with Gasteiger partial charge in [0.05, 0.1) is 17.9 Å². The molecule has 17 heavy (non-hydrogen) atoms. The molecule has 1 saturated carbocycles. The van der Waals surface area contributed by atoms with Gasteiger partial charge in [0, 0.05) is 18.4 Å². The number of hydrogen-bond acceptors (Lipinski definition) is 2. The molecular formula is C13H12FN3. The average molecular weight is 229 g/mol. The number of nitriles is 1. The van der Waals surface area contributed by atoms with Gasteiger partial charge in [-0.05, 0) is 25.0 Å². The Morgan fingerprint density at radius 3 is 3.00 bits per heavy atom. The summed E-state index contributed by atoms with van der Waals surface area (Å²) in [5.41, 5.74) is 1.34. The van der Waals surface area contributed by atoms with E-state index in [4.69, 9.17) is 5.26 Å². The van der Waals surface area contributed by atoms with E-state index in [2.05, 4.69) is 11.1 Å². The van der Waals surface area contributed by atoms with Crippen LogP contribution in [0.25, 0.3) is 11.0 Å². The molecular weight excluding hydrogens is 217 g/mol. The zero-order valence-corrected chi connectivity index (χ0v) is 9.36. The van der Waals surface area contributed by atoms with Gasteiger partial charge in [-0.25, -0.2) is 9.37 Å². The molecule has 1 heterocycles. The van der Waals surface area contributed by atoms with Crippen molar-refractivity contribution in [3.8, 4) is 6.07 Å². The van der Waals surface area contributed by atoms with Crippen LogP contribution in [0.2, 0.25) is 0 Å². The van der Waals surface area contributed by atoms with Crippen LogP contribution in [0.15, 0.2) is 24.5 Å². The smallest absolute Gasteiger partial charge is 0.151 e. The highest BCUT2D eigenvalue weighted by atomic mass is 19.1. The van der Waals surface area contributed by atoms with Crippen molar-refractivity contribution < 1.29 is 4.39 Å². The van der Waals surface area contributed by atoms with Crippen molar-refractivity contribution in [2.45, 2.75) is 25.8 Å². The standard InChI is InChI=1S/C13H12FN3/c14-10-2-1-3-11-12(10)16-9-17(11)8-13(4-5-13)6-7-15/h1-3,9H,4-6,8H2. The first-order valence-corrected chi connectivity index (χ1v) is 5.70. The quantitative estimate of drug-likeness (QED) is 0.812. The lowest BCUT2D eigenvalue weighted by Crippen LogP contribution is -2.10. The Labute approximate surface area is 98.5 Å². The predicted molar refractivity (Wildman–Crippen MR) is 61.6 cm³/mol. The molecule has 0 aliphatic heterocycles. The van der Waals surface area contributed by atoms with Gasteiger partial charge in [0.15, 0.2) is 5.82 Å². The minimum absolute atomic E-state index is 0.106. The summed E-state index contributed by atoms with van der Waals surface area (Å²) >= 11 is 0. The van der Waals surface area contributed by atoms with E-state index in [1.54, 1.807) is 12.4 Å². The van der Waals surface area contributed by atoms with Gasteiger partial charge in [0.1, 0.15) is 5.52 Å². The second kappa shape index (κ2) is 3.56. The predicted octanol–water partition coefficient (Wildman–Crippen LogP) is 2.87. The Morgan fingerprint density at radius 1 is 1.47 bits per heavy atom. The van der Waals surface area contributed by atoms with Gasteiger partial charge in [0.2, 0.25) is 0 Å². The van der Waals surface area contributed by atoms with E-state index in [0.29, 0.717) is 11.9 Å². The third-order valence-electron chi connectivity index (χ3n) is 3.52. The lowest BCUT2D eigenvalue weighted by Gasteiger charge is -2.12. The van der Waals surface area contributed by atoms with Crippen LogP contribution >= 0.6 is 0 Å². The van der Waals surface area contributed by atoms with Crippen molar-refractivity contribution in [3.63, 3.8) is 0 Å². The molecule has 2 aromatic rings. The van der Waals surface area contributed by atoms with Gasteiger partial charge in [-0.15, -0.1) is 0 Å². The summed E-state index contributed by atoms with van der Waals surface area (Å²) in [6.45, 7) is 0.764. The Hall–Kier alpha value is -1.89. The van der Waals surface area contributed by atoms with Crippen molar-refractivity contribution in [3.05, 3.63) is 30.3 Å². The van der Waals surface area contributed by atoms with Crippen molar-refractivity contribution in [1.82, 2.24) is 9.55 Å². The second-order valence-electron chi connectivity index (χ2n) is 4.81. The van der Waals surface area contributed by atoms with Crippen LogP contribution < -0.4 is 0 Å². The zero-order chi connectivity index (χ0) is 11.9. The molecule has 3 nitrogen and oxygen atoms in total. The summed E-state index contributed by atoms with van der Waals surface area (Å²) in [6, 6.07) is 7.22. The van der Waals surface area contributed by atoms with Crippen molar-refractivity contribution in [2.75, 3.05) is 0 Å². The second-order valence-corrected chi connectivity index (χ2v) is 4.81. The molecule has 1 aromatic carbocycles. The van der Waals surface area contributed by atoms with Gasteiger partial charge in [0.25, 0.3) is 0 Å². The number of rotatable bonds is 3. The SMILES string of the molecule is N#CCC1(Cn2cnc3c(F)cccc32)CC1. The minimum atomic E-state index is -0.286. The molecule has 1 aliphatic rings. The number of imidazole rings is 1. The number of nitrogens with zero attached hydrogens (tertiary/aromatic N) is 3. The molecule has 0 atom stereocenters. The maximum atomic E-state index is 13.5. The van der Waals surface area contributed by atoms with Gasteiger partial charge < -0.3 is 4.57 Å². The van der Waals surface area contributed by atoms with Crippen LogP contribution in [0, 0.1) is 22.6 Å². The summed E-state index contributed by atoms with van der Waals surface area (Å²) in [4.78, 5) is 4.10. The molecule has 0 bridgehead atoms. The fourth-order valence-electron chi connectivity index (χ4n) is 2.28. The van der Waals surface area contributed by atoms with Gasteiger partial charge >= 0.3 is 0 Å². The normalized spacial score (nSPS) is 16.9. The Morgan fingerprint density at radius 2 is 2.29 bits per heavy atom. The van der Waals surface area contributed by atoms with Crippen molar-refractivity contribution in [1.29, 1.82) is 5.26 Å². The first-order chi connectivity index (χ1) is 8.24. The summed E-state index contributed by atoms with van der Waals surface area (Å²) in [6.07, 6.45) is 4.40. The van der Waals surface area contributed by atoms with Crippen LogP contribution in [0.4, 0.5) is 4.39 Å². The van der Waals surface area contributed by atoms with Gasteiger partial charge in [-0.3, -0.25) is 0 Å². The number of halogens is 1. The largest absolute Gasteiger partial charge is 0.330 e. The summed E-state index contributed by atoms with van der Waals surface area (Å²) in [5.74, 6) is -0.286. The van der Waals surface area contributed by atoms with Gasteiger partial charge in [-0.2, -0.15) is 5.26 Å². The molecule has 3 rings (SSSR count). The number of fused-ring (bicyclic) bond motifs is 1. The molecule has 1 fully saturated rings. The molecule has 1 aromatic heterocycles. The van der Waals surface area contributed by atoms with Crippen LogP contribution in [-0.4, -0.2) is 9.55 Å². The molecule has 0 saturated heterocycles. The molecule has 1 aliphatic carbocycles. The van der Waals surface area contributed by atoms with Crippen LogP contribution in [0.5, 0.6) is 0 Å². The number of aromatic nitrogens is 2. The monoisotopic (exact) mass is 229 g/mol. The molecule has 0 amide bonds. The Kier molecular flexibility index (Phi) is 2.15. The van der Waals surface area contributed by atoms with Gasteiger partial charge in [-0.1, -0.05) is 6.07 Å². The molecule has 0 N–H and O–H groups in total. The van der Waals surface area contributed by atoms with E-state index in [9.17, 15) is 4.39 Å². The van der Waals surface area contributed by atoms with E-state index in [1.165, 1.54) is 6.07 Å². The van der Waals surface area contributed by atoms with Crippen LogP contribution in [0.1, 0.15) is 19.3 Å². The fraction of sp³-hybridized carbons (Fsp3) is 0.385. The van der Waals surface area contributed by atoms with E-state index >= 15 is 0 Å². The summed E-state index contributed by atoms with van der Waals surface area (Å²) in [7, 11) is 0. The third-order valence-corrected chi connectivity index (χ3v) is 3.52. The fourth-order valence-corrected chi connectivity index (χ4v) is 2.28. The first-order valence-electron chi connectivity index (χ1n) is 5.70. The summed E-state index contributed by atoms with van der Waals surface area (Å²) < 4.78 is 15.4. The Bertz CT molecular complexity index is 605. The highest BCUT2D eigenvalue weighted by molar-refractivity contribution is 5.75. The molecule has 0 radical (unpaired) electrons. The van der Waals surface area contributed by atoms with E-state index in [0.717, 1.165) is 24.9 Å². The molecule has 4 heteroatoms. The van der Waals surface area contributed by atoms with E-state index in [1.807, 2.05) is 10.6 Å². The average Bonchev–Trinajstić information content (AvgIpc) is 2.93. The van der Waals surface area contributed by atoms with Crippen LogP contribution in [0.3, 0.4) is 0 Å². The van der Waals surface area contributed by atoms with Crippen molar-refractivity contribution in [2.24, 2.45) is 5.41 Å². The lowest BCUT2D eigenvalue weighted by atomic mass is 10.0. The molecule has 86 valence electrons. The number of benzene rings is 1. The zero-order valence-electron chi connectivity index (χ0n) is 9.36. The molecule has 0 unspecified atom stereocenters. The minimum Gasteiger partial charge on any atom is -0.330 e. The highest BCUT2D eigenvalue weighted by Crippen LogP contribution is 2.50. The van der Waals surface area contributed by atoms with Crippen LogP contribution in [-0.2, 0) is 6.54 Å².